The number of carbonyl (C=O) groups is 2. The summed E-state index contributed by atoms with van der Waals surface area (Å²) in [4.78, 5) is 24.2. The van der Waals surface area contributed by atoms with Gasteiger partial charge in [0.2, 0.25) is 5.91 Å². The van der Waals surface area contributed by atoms with Gasteiger partial charge in [0, 0.05) is 5.92 Å². The fourth-order valence-electron chi connectivity index (χ4n) is 3.38. The van der Waals surface area contributed by atoms with E-state index in [2.05, 4.69) is 5.32 Å². The monoisotopic (exact) mass is 295 g/mol. The second kappa shape index (κ2) is 8.40. The Balaban J connectivity index is 1.74. The van der Waals surface area contributed by atoms with Crippen LogP contribution >= 0.6 is 0 Å². The Morgan fingerprint density at radius 3 is 2.05 bits per heavy atom. The van der Waals surface area contributed by atoms with E-state index >= 15 is 0 Å². The van der Waals surface area contributed by atoms with Crippen molar-refractivity contribution in [1.82, 2.24) is 5.32 Å². The van der Waals surface area contributed by atoms with Gasteiger partial charge in [-0.3, -0.25) is 4.79 Å². The first-order valence-electron chi connectivity index (χ1n) is 8.67. The molecule has 0 aromatic carbocycles. The molecule has 0 aromatic heterocycles. The highest BCUT2D eigenvalue weighted by Gasteiger charge is 2.26. The molecule has 2 fully saturated rings. The minimum Gasteiger partial charge on any atom is -0.461 e. The molecule has 0 radical (unpaired) electrons. The van der Waals surface area contributed by atoms with Crippen LogP contribution in [0.5, 0.6) is 0 Å². The van der Waals surface area contributed by atoms with E-state index in [9.17, 15) is 9.59 Å². The molecule has 2 aliphatic rings. The maximum absolute atomic E-state index is 12.1. The van der Waals surface area contributed by atoms with E-state index in [1.165, 1.54) is 19.3 Å². The van der Waals surface area contributed by atoms with Crippen molar-refractivity contribution in [2.75, 3.05) is 0 Å². The summed E-state index contributed by atoms with van der Waals surface area (Å²) in [5.41, 5.74) is 0. The summed E-state index contributed by atoms with van der Waals surface area (Å²) in [7, 11) is 0. The van der Waals surface area contributed by atoms with Gasteiger partial charge in [-0.25, -0.2) is 4.79 Å². The summed E-state index contributed by atoms with van der Waals surface area (Å²) >= 11 is 0. The van der Waals surface area contributed by atoms with Crippen molar-refractivity contribution in [1.29, 1.82) is 0 Å². The molecule has 0 spiro atoms. The number of carbonyl (C=O) groups excluding carboxylic acids is 2. The van der Waals surface area contributed by atoms with Crippen LogP contribution in [-0.2, 0) is 14.3 Å². The first-order chi connectivity index (χ1) is 10.2. The molecule has 0 saturated heterocycles. The predicted molar refractivity (Wildman–Crippen MR) is 81.8 cm³/mol. The molecule has 2 aliphatic carbocycles. The molecule has 2 saturated carbocycles. The maximum atomic E-state index is 12.1. The van der Waals surface area contributed by atoms with Gasteiger partial charge in [0.1, 0.15) is 12.1 Å². The largest absolute Gasteiger partial charge is 0.461 e. The average molecular weight is 295 g/mol. The lowest BCUT2D eigenvalue weighted by atomic mass is 9.88. The number of esters is 1. The Labute approximate surface area is 128 Å². The molecule has 4 heteroatoms. The lowest BCUT2D eigenvalue weighted by molar-refractivity contribution is -0.153. The van der Waals surface area contributed by atoms with Gasteiger partial charge in [0.05, 0.1) is 0 Å². The number of hydrogen-bond acceptors (Lipinski definition) is 3. The van der Waals surface area contributed by atoms with Gasteiger partial charge in [-0.05, 0) is 45.4 Å². The minimum atomic E-state index is -0.525. The van der Waals surface area contributed by atoms with Crippen LogP contribution in [-0.4, -0.2) is 24.0 Å². The second-order valence-corrected chi connectivity index (χ2v) is 6.62. The van der Waals surface area contributed by atoms with Gasteiger partial charge >= 0.3 is 5.97 Å². The van der Waals surface area contributed by atoms with Gasteiger partial charge < -0.3 is 10.1 Å². The van der Waals surface area contributed by atoms with Crippen LogP contribution in [0.3, 0.4) is 0 Å². The van der Waals surface area contributed by atoms with Gasteiger partial charge in [-0.1, -0.05) is 32.1 Å². The first-order valence-corrected chi connectivity index (χ1v) is 8.67. The third-order valence-electron chi connectivity index (χ3n) is 4.77. The van der Waals surface area contributed by atoms with Gasteiger partial charge in [-0.2, -0.15) is 0 Å². The van der Waals surface area contributed by atoms with E-state index in [4.69, 9.17) is 4.74 Å². The highest BCUT2D eigenvalue weighted by molar-refractivity contribution is 5.85. The van der Waals surface area contributed by atoms with E-state index in [1.54, 1.807) is 6.92 Å². The molecule has 2 rings (SSSR count). The summed E-state index contributed by atoms with van der Waals surface area (Å²) in [6.45, 7) is 1.74. The van der Waals surface area contributed by atoms with Gasteiger partial charge in [0.25, 0.3) is 0 Å². The van der Waals surface area contributed by atoms with Crippen LogP contribution in [0, 0.1) is 5.92 Å². The van der Waals surface area contributed by atoms with Crippen molar-refractivity contribution in [2.24, 2.45) is 5.92 Å². The molecular weight excluding hydrogens is 266 g/mol. The van der Waals surface area contributed by atoms with Gasteiger partial charge in [0.15, 0.2) is 0 Å². The first kappa shape index (κ1) is 16.3. The van der Waals surface area contributed by atoms with E-state index in [0.717, 1.165) is 51.4 Å². The Bertz CT molecular complexity index is 342. The van der Waals surface area contributed by atoms with Crippen LogP contribution in [0.1, 0.15) is 77.6 Å². The molecule has 21 heavy (non-hydrogen) atoms. The molecule has 1 N–H and O–H groups in total. The Kier molecular flexibility index (Phi) is 6.52. The quantitative estimate of drug-likeness (QED) is 0.639. The summed E-state index contributed by atoms with van der Waals surface area (Å²) in [5, 5.41) is 2.84. The topological polar surface area (TPSA) is 55.4 Å². The van der Waals surface area contributed by atoms with Gasteiger partial charge in [-0.15, -0.1) is 0 Å². The van der Waals surface area contributed by atoms with Crippen molar-refractivity contribution < 1.29 is 14.3 Å². The molecule has 4 nitrogen and oxygen atoms in total. The molecule has 0 bridgehead atoms. The number of ether oxygens (including phenoxy) is 1. The fraction of sp³-hybridized carbons (Fsp3) is 0.882. The van der Waals surface area contributed by atoms with E-state index in [-0.39, 0.29) is 23.9 Å². The smallest absolute Gasteiger partial charge is 0.328 e. The third kappa shape index (κ3) is 5.33. The molecule has 120 valence electrons. The molecule has 1 amide bonds. The summed E-state index contributed by atoms with van der Waals surface area (Å²) in [5.74, 6) is -0.155. The Morgan fingerprint density at radius 1 is 0.905 bits per heavy atom. The third-order valence-corrected chi connectivity index (χ3v) is 4.77. The number of hydrogen-bond donors (Lipinski definition) is 1. The van der Waals surface area contributed by atoms with E-state index < -0.39 is 6.04 Å². The van der Waals surface area contributed by atoms with Crippen molar-refractivity contribution >= 4 is 11.9 Å². The normalized spacial score (nSPS) is 23.1. The zero-order chi connectivity index (χ0) is 15.1. The van der Waals surface area contributed by atoms with Crippen LogP contribution in [0.25, 0.3) is 0 Å². The standard InChI is InChI=1S/C17H29NO3/c1-13(18-16(19)14-9-5-4-6-10-14)17(20)21-15-11-7-2-3-8-12-15/h13-15H,2-12H2,1H3,(H,18,19)/t13-/m1/s1. The van der Waals surface area contributed by atoms with Crippen molar-refractivity contribution in [2.45, 2.75) is 89.7 Å². The van der Waals surface area contributed by atoms with Crippen molar-refractivity contribution in [3.8, 4) is 0 Å². The summed E-state index contributed by atoms with van der Waals surface area (Å²) < 4.78 is 5.57. The van der Waals surface area contributed by atoms with Crippen molar-refractivity contribution in [3.63, 3.8) is 0 Å². The molecule has 1 atom stereocenters. The van der Waals surface area contributed by atoms with Crippen LogP contribution < -0.4 is 5.32 Å². The lowest BCUT2D eigenvalue weighted by Crippen LogP contribution is -2.43. The zero-order valence-electron chi connectivity index (χ0n) is 13.2. The average Bonchev–Trinajstić information content (AvgIpc) is 2.76. The molecule has 0 heterocycles. The summed E-state index contributed by atoms with van der Waals surface area (Å²) in [6.07, 6.45) is 12.1. The van der Waals surface area contributed by atoms with E-state index in [0.29, 0.717) is 0 Å². The number of nitrogens with one attached hydrogen (secondary N) is 1. The van der Waals surface area contributed by atoms with E-state index in [1.807, 2.05) is 0 Å². The van der Waals surface area contributed by atoms with Crippen molar-refractivity contribution in [3.05, 3.63) is 0 Å². The number of rotatable bonds is 4. The Morgan fingerprint density at radius 2 is 1.43 bits per heavy atom. The molecular formula is C17H29NO3. The lowest BCUT2D eigenvalue weighted by Gasteiger charge is -2.24. The maximum Gasteiger partial charge on any atom is 0.328 e. The molecule has 0 aromatic rings. The second-order valence-electron chi connectivity index (χ2n) is 6.62. The fourth-order valence-corrected chi connectivity index (χ4v) is 3.38. The SMILES string of the molecule is C[C@@H](NC(=O)C1CCCCC1)C(=O)OC1CCCCCC1. The Hall–Kier alpha value is -1.06. The zero-order valence-corrected chi connectivity index (χ0v) is 13.2. The summed E-state index contributed by atoms with van der Waals surface area (Å²) in [6, 6.07) is -0.525. The highest BCUT2D eigenvalue weighted by atomic mass is 16.5. The number of amides is 1. The predicted octanol–water partition coefficient (Wildman–Crippen LogP) is 3.34. The highest BCUT2D eigenvalue weighted by Crippen LogP contribution is 2.24. The van der Waals surface area contributed by atoms with Crippen LogP contribution in [0.4, 0.5) is 0 Å². The minimum absolute atomic E-state index is 0.0278. The molecule has 0 unspecified atom stereocenters. The molecule has 0 aliphatic heterocycles. The van der Waals surface area contributed by atoms with Crippen LogP contribution in [0.2, 0.25) is 0 Å². The van der Waals surface area contributed by atoms with Crippen LogP contribution in [0.15, 0.2) is 0 Å².